The quantitative estimate of drug-likeness (QED) is 0.375. The molecule has 0 unspecified atom stereocenters. The normalized spacial score (nSPS) is 28.0. The van der Waals surface area contributed by atoms with E-state index in [2.05, 4.69) is 20.6 Å². The largest absolute Gasteiger partial charge is 0.471 e. The van der Waals surface area contributed by atoms with Crippen LogP contribution in [-0.4, -0.2) is 81.2 Å². The second kappa shape index (κ2) is 13.4. The van der Waals surface area contributed by atoms with Gasteiger partial charge in [-0.15, -0.1) is 0 Å². The van der Waals surface area contributed by atoms with Crippen molar-refractivity contribution in [1.82, 2.24) is 25.5 Å². The molecular formula is C33H43N5O7. The molecule has 3 amide bonds. The number of allylic oxidation sites excluding steroid dienone is 1. The summed E-state index contributed by atoms with van der Waals surface area (Å²) in [6.07, 6.45) is 8.40. The molecule has 1 aliphatic carbocycles. The van der Waals surface area contributed by atoms with Gasteiger partial charge in [0.25, 0.3) is 0 Å². The van der Waals surface area contributed by atoms with Crippen molar-refractivity contribution in [2.75, 3.05) is 13.2 Å². The third kappa shape index (κ3) is 7.72. The molecule has 0 radical (unpaired) electrons. The van der Waals surface area contributed by atoms with Crippen LogP contribution in [0.4, 0.5) is 4.79 Å². The lowest BCUT2D eigenvalue weighted by molar-refractivity contribution is -0.150. The molecule has 242 valence electrons. The van der Waals surface area contributed by atoms with Crippen molar-refractivity contribution in [3.05, 3.63) is 42.6 Å². The van der Waals surface area contributed by atoms with Gasteiger partial charge in [0.2, 0.25) is 17.7 Å². The van der Waals surface area contributed by atoms with Crippen LogP contribution in [0.3, 0.4) is 0 Å². The highest BCUT2D eigenvalue weighted by Gasteiger charge is 2.62. The molecule has 12 heteroatoms. The van der Waals surface area contributed by atoms with Crippen LogP contribution in [0.25, 0.3) is 11.0 Å². The number of hydrogen-bond donors (Lipinski definition) is 2. The van der Waals surface area contributed by atoms with Gasteiger partial charge >= 0.3 is 12.1 Å². The topological polar surface area (TPSA) is 149 Å². The Labute approximate surface area is 263 Å². The van der Waals surface area contributed by atoms with Crippen LogP contribution in [0.2, 0.25) is 0 Å². The Morgan fingerprint density at radius 1 is 1.13 bits per heavy atom. The predicted octanol–water partition coefficient (Wildman–Crippen LogP) is 3.83. The average molecular weight is 622 g/mol. The third-order valence-electron chi connectivity index (χ3n) is 8.28. The number of para-hydroxylation sites is 2. The lowest BCUT2D eigenvalue weighted by atomic mass is 10.0. The summed E-state index contributed by atoms with van der Waals surface area (Å²) < 4.78 is 17.0. The zero-order valence-corrected chi connectivity index (χ0v) is 26.4. The fourth-order valence-corrected chi connectivity index (χ4v) is 6.01. The van der Waals surface area contributed by atoms with Crippen LogP contribution in [0.1, 0.15) is 72.6 Å². The van der Waals surface area contributed by atoms with Crippen molar-refractivity contribution in [2.45, 2.75) is 102 Å². The SMILES string of the molecule is CCOC(=O)[C@@]12C[C@H]1/C=C\CCCCC[C@H](NC(=O)OC(C)(C)C)C(=O)N1C[C@H](Oc3cnc4ccccc4n3)C[C@H]1C(=O)N2. The molecule has 3 aliphatic rings. The zero-order chi connectivity index (χ0) is 32.2. The first-order chi connectivity index (χ1) is 21.5. The molecule has 3 heterocycles. The second-order valence-corrected chi connectivity index (χ2v) is 12.9. The molecule has 2 N–H and O–H groups in total. The fourth-order valence-electron chi connectivity index (χ4n) is 6.01. The van der Waals surface area contributed by atoms with Crippen LogP contribution >= 0.6 is 0 Å². The molecule has 12 nitrogen and oxygen atoms in total. The third-order valence-corrected chi connectivity index (χ3v) is 8.28. The van der Waals surface area contributed by atoms with Gasteiger partial charge in [0.15, 0.2) is 0 Å². The van der Waals surface area contributed by atoms with Gasteiger partial charge in [-0.2, -0.15) is 0 Å². The average Bonchev–Trinajstić information content (AvgIpc) is 3.51. The highest BCUT2D eigenvalue weighted by atomic mass is 16.6. The highest BCUT2D eigenvalue weighted by molar-refractivity contribution is 5.96. The van der Waals surface area contributed by atoms with Crippen LogP contribution in [-0.2, 0) is 23.9 Å². The Kier molecular flexibility index (Phi) is 9.59. The summed E-state index contributed by atoms with van der Waals surface area (Å²) >= 11 is 0. The van der Waals surface area contributed by atoms with Crippen molar-refractivity contribution in [1.29, 1.82) is 0 Å². The first-order valence-corrected chi connectivity index (χ1v) is 15.8. The lowest BCUT2D eigenvalue weighted by Gasteiger charge is -2.30. The van der Waals surface area contributed by atoms with Crippen LogP contribution in [0.5, 0.6) is 5.88 Å². The lowest BCUT2D eigenvalue weighted by Crippen LogP contribution is -2.56. The summed E-state index contributed by atoms with van der Waals surface area (Å²) in [6, 6.07) is 5.53. The first kappa shape index (κ1) is 32.2. The molecule has 2 aromatic rings. The predicted molar refractivity (Wildman–Crippen MR) is 165 cm³/mol. The number of carbonyl (C=O) groups is 4. The second-order valence-electron chi connectivity index (χ2n) is 12.9. The van der Waals surface area contributed by atoms with Gasteiger partial charge in [-0.25, -0.2) is 19.6 Å². The summed E-state index contributed by atoms with van der Waals surface area (Å²) in [5, 5.41) is 5.71. The van der Waals surface area contributed by atoms with E-state index in [1.54, 1.807) is 27.7 Å². The molecule has 2 aliphatic heterocycles. The fraction of sp³-hybridized carbons (Fsp3) is 0.576. The highest BCUT2D eigenvalue weighted by Crippen LogP contribution is 2.46. The molecule has 5 atom stereocenters. The number of alkyl carbamates (subject to hydrolysis) is 1. The number of aromatic nitrogens is 2. The minimum Gasteiger partial charge on any atom is -0.471 e. The molecule has 1 saturated carbocycles. The summed E-state index contributed by atoms with van der Waals surface area (Å²) in [5.74, 6) is -1.31. The van der Waals surface area contributed by atoms with Crippen molar-refractivity contribution in [3.8, 4) is 5.88 Å². The van der Waals surface area contributed by atoms with E-state index in [0.29, 0.717) is 30.3 Å². The number of nitrogens with one attached hydrogen (secondary N) is 2. The summed E-state index contributed by atoms with van der Waals surface area (Å²) in [4.78, 5) is 64.5. The molecular weight excluding hydrogens is 578 g/mol. The number of rotatable bonds is 5. The van der Waals surface area contributed by atoms with Gasteiger partial charge in [0.1, 0.15) is 29.3 Å². The van der Waals surface area contributed by atoms with Gasteiger partial charge in [0, 0.05) is 12.3 Å². The van der Waals surface area contributed by atoms with Gasteiger partial charge in [-0.1, -0.05) is 37.1 Å². The molecule has 5 rings (SSSR count). The number of esters is 1. The Hall–Kier alpha value is -4.22. The van der Waals surface area contributed by atoms with Gasteiger partial charge in [-0.05, 0) is 65.5 Å². The maximum atomic E-state index is 14.2. The molecule has 1 aromatic carbocycles. The number of amides is 3. The van der Waals surface area contributed by atoms with Crippen LogP contribution < -0.4 is 15.4 Å². The maximum Gasteiger partial charge on any atom is 0.408 e. The summed E-state index contributed by atoms with van der Waals surface area (Å²) in [5.41, 5.74) is -0.568. The van der Waals surface area contributed by atoms with E-state index < -0.39 is 53.2 Å². The van der Waals surface area contributed by atoms with Crippen molar-refractivity contribution < 1.29 is 33.4 Å². The Bertz CT molecular complexity index is 1460. The smallest absolute Gasteiger partial charge is 0.408 e. The van der Waals surface area contributed by atoms with Crippen molar-refractivity contribution >= 4 is 34.9 Å². The Morgan fingerprint density at radius 2 is 1.91 bits per heavy atom. The van der Waals surface area contributed by atoms with E-state index in [-0.39, 0.29) is 31.4 Å². The Morgan fingerprint density at radius 3 is 2.67 bits per heavy atom. The molecule has 45 heavy (non-hydrogen) atoms. The maximum absolute atomic E-state index is 14.2. The number of hydrogen-bond acceptors (Lipinski definition) is 9. The molecule has 0 spiro atoms. The molecule has 1 aromatic heterocycles. The van der Waals surface area contributed by atoms with Crippen LogP contribution in [0, 0.1) is 5.92 Å². The summed E-state index contributed by atoms with van der Waals surface area (Å²) in [6.45, 7) is 7.24. The minimum atomic E-state index is -1.19. The van der Waals surface area contributed by atoms with Crippen LogP contribution in [0.15, 0.2) is 42.6 Å². The molecule has 2 fully saturated rings. The van der Waals surface area contributed by atoms with E-state index in [1.165, 1.54) is 11.1 Å². The minimum absolute atomic E-state index is 0.0770. The number of benzene rings is 1. The van der Waals surface area contributed by atoms with Gasteiger partial charge in [-0.3, -0.25) is 9.59 Å². The van der Waals surface area contributed by atoms with E-state index in [0.717, 1.165) is 19.3 Å². The van der Waals surface area contributed by atoms with E-state index in [4.69, 9.17) is 14.2 Å². The van der Waals surface area contributed by atoms with Gasteiger partial charge < -0.3 is 29.7 Å². The number of carbonyl (C=O) groups excluding carboxylic acids is 4. The number of fused-ring (bicyclic) bond motifs is 3. The van der Waals surface area contributed by atoms with E-state index >= 15 is 0 Å². The standard InChI is InChI=1S/C33H43N5O7/c1-5-43-30(41)33-18-21(33)13-9-7-6-8-10-16-25(36-31(42)45-32(2,3)4)29(40)38-20-22(17-26(38)28(39)37-33)44-27-19-34-23-14-11-12-15-24(23)35-27/h9,11-15,19,21-22,25-26H,5-8,10,16-18,20H2,1-4H3,(H,36,42)(H,37,39)/b13-9-/t21-,22-,25+,26+,33-/m1/s1. The molecule has 1 saturated heterocycles. The Balaban J connectivity index is 1.43. The number of nitrogens with zero attached hydrogens (tertiary/aromatic N) is 3. The monoisotopic (exact) mass is 621 g/mol. The zero-order valence-electron chi connectivity index (χ0n) is 26.4. The van der Waals surface area contributed by atoms with Crippen molar-refractivity contribution in [2.24, 2.45) is 5.92 Å². The summed E-state index contributed by atoms with van der Waals surface area (Å²) in [7, 11) is 0. The van der Waals surface area contributed by atoms with E-state index in [1.807, 2.05) is 36.4 Å². The van der Waals surface area contributed by atoms with E-state index in [9.17, 15) is 19.2 Å². The van der Waals surface area contributed by atoms with Crippen molar-refractivity contribution in [3.63, 3.8) is 0 Å². The molecule has 0 bridgehead atoms. The number of ether oxygens (including phenoxy) is 3. The van der Waals surface area contributed by atoms with Gasteiger partial charge in [0.05, 0.1) is 30.4 Å². The first-order valence-electron chi connectivity index (χ1n) is 15.8.